The van der Waals surface area contributed by atoms with Crippen molar-refractivity contribution in [3.8, 4) is 5.75 Å². The molecule has 0 spiro atoms. The van der Waals surface area contributed by atoms with E-state index in [1.807, 2.05) is 30.3 Å². The number of nitrogens with one attached hydrogen (secondary N) is 1. The largest absolute Gasteiger partial charge is 0.479 e. The zero-order chi connectivity index (χ0) is 31.2. The van der Waals surface area contributed by atoms with Crippen LogP contribution in [0.3, 0.4) is 0 Å². The van der Waals surface area contributed by atoms with Crippen molar-refractivity contribution in [2.75, 3.05) is 6.61 Å². The maximum absolute atomic E-state index is 12.5. The highest BCUT2D eigenvalue weighted by atomic mass is 35.5. The quantitative estimate of drug-likeness (QED) is 0.242. The SMILES string of the molecule is CC(=O)NC1C(Oc2ccc(/C=C/C(=O)c3ccc(Cl)cc3)cc2)OC2COC(c3ccccc3)OC2C1OC(C)C(=O)O. The number of halogens is 1. The second kappa shape index (κ2) is 14.1. The predicted octanol–water partition coefficient (Wildman–Crippen LogP) is 4.82. The van der Waals surface area contributed by atoms with E-state index in [4.69, 9.17) is 35.3 Å². The molecule has 2 N–H and O–H groups in total. The molecule has 5 rings (SSSR count). The summed E-state index contributed by atoms with van der Waals surface area (Å²) >= 11 is 5.90. The Hall–Kier alpha value is -4.06. The van der Waals surface area contributed by atoms with Crippen LogP contribution in [0.25, 0.3) is 6.08 Å². The lowest BCUT2D eigenvalue weighted by Crippen LogP contribution is -2.68. The Morgan fingerprint density at radius 2 is 1.70 bits per heavy atom. The number of amides is 1. The molecule has 10 nitrogen and oxygen atoms in total. The average Bonchev–Trinajstić information content (AvgIpc) is 3.02. The zero-order valence-electron chi connectivity index (χ0n) is 24.0. The smallest absolute Gasteiger partial charge is 0.332 e. The van der Waals surface area contributed by atoms with Crippen molar-refractivity contribution in [3.05, 3.63) is 107 Å². The second-order valence-electron chi connectivity index (χ2n) is 10.4. The Kier molecular flexibility index (Phi) is 10.1. The Morgan fingerprint density at radius 3 is 2.36 bits per heavy atom. The third-order valence-electron chi connectivity index (χ3n) is 7.18. The number of rotatable bonds is 10. The second-order valence-corrected chi connectivity index (χ2v) is 10.9. The first kappa shape index (κ1) is 31.4. The summed E-state index contributed by atoms with van der Waals surface area (Å²) in [6, 6.07) is 21.9. The Morgan fingerprint density at radius 1 is 1.00 bits per heavy atom. The van der Waals surface area contributed by atoms with Crippen molar-refractivity contribution in [1.82, 2.24) is 5.32 Å². The fraction of sp³-hybridized carbons (Fsp3) is 0.303. The molecule has 44 heavy (non-hydrogen) atoms. The number of ether oxygens (including phenoxy) is 5. The third-order valence-corrected chi connectivity index (χ3v) is 7.43. The van der Waals surface area contributed by atoms with Crippen LogP contribution in [0.15, 0.2) is 84.9 Å². The minimum absolute atomic E-state index is 0.115. The molecule has 3 aromatic carbocycles. The summed E-state index contributed by atoms with van der Waals surface area (Å²) in [5.74, 6) is -1.31. The third kappa shape index (κ3) is 7.71. The van der Waals surface area contributed by atoms with Crippen LogP contribution in [0.1, 0.15) is 41.6 Å². The van der Waals surface area contributed by atoms with E-state index in [-0.39, 0.29) is 18.3 Å². The highest BCUT2D eigenvalue weighted by Gasteiger charge is 2.52. The van der Waals surface area contributed by atoms with E-state index < -0.39 is 49.0 Å². The molecule has 3 aromatic rings. The minimum Gasteiger partial charge on any atom is -0.479 e. The molecule has 7 unspecified atom stereocenters. The van der Waals surface area contributed by atoms with Gasteiger partial charge in [-0.15, -0.1) is 0 Å². The highest BCUT2D eigenvalue weighted by Crippen LogP contribution is 2.36. The van der Waals surface area contributed by atoms with Crippen LogP contribution in [-0.4, -0.2) is 66.1 Å². The molecule has 2 aliphatic heterocycles. The molecular weight excluding hydrogens is 590 g/mol. The molecule has 0 aromatic heterocycles. The Balaban J connectivity index is 1.34. The van der Waals surface area contributed by atoms with Gasteiger partial charge in [-0.05, 0) is 55.0 Å². The summed E-state index contributed by atoms with van der Waals surface area (Å²) in [5.41, 5.74) is 2.04. The highest BCUT2D eigenvalue weighted by molar-refractivity contribution is 6.30. The van der Waals surface area contributed by atoms with Crippen molar-refractivity contribution < 1.29 is 43.2 Å². The minimum atomic E-state index is -1.21. The van der Waals surface area contributed by atoms with Gasteiger partial charge >= 0.3 is 5.97 Å². The van der Waals surface area contributed by atoms with Crippen LogP contribution >= 0.6 is 11.6 Å². The lowest BCUT2D eigenvalue weighted by molar-refractivity contribution is -0.340. The van der Waals surface area contributed by atoms with Crippen molar-refractivity contribution in [3.63, 3.8) is 0 Å². The van der Waals surface area contributed by atoms with Crippen molar-refractivity contribution in [2.45, 2.75) is 56.9 Å². The number of ketones is 1. The van der Waals surface area contributed by atoms with Gasteiger partial charge in [0.2, 0.25) is 12.2 Å². The Labute approximate surface area is 259 Å². The summed E-state index contributed by atoms with van der Waals surface area (Å²) < 4.78 is 30.6. The summed E-state index contributed by atoms with van der Waals surface area (Å²) in [6.07, 6.45) is -2.29. The number of allylic oxidation sites excluding steroid dienone is 1. The molecule has 2 saturated heterocycles. The van der Waals surface area contributed by atoms with Crippen molar-refractivity contribution >= 4 is 35.3 Å². The first-order valence-corrected chi connectivity index (χ1v) is 14.4. The molecule has 230 valence electrons. The molecule has 0 bridgehead atoms. The van der Waals surface area contributed by atoms with E-state index in [0.717, 1.165) is 11.1 Å². The topological polar surface area (TPSA) is 130 Å². The molecule has 7 atom stereocenters. The number of fused-ring (bicyclic) bond motifs is 1. The number of aliphatic carboxylic acids is 1. The molecule has 2 aliphatic rings. The molecule has 0 saturated carbocycles. The monoisotopic (exact) mass is 621 g/mol. The van der Waals surface area contributed by atoms with Gasteiger partial charge in [0.1, 0.15) is 30.1 Å². The molecule has 2 fully saturated rings. The van der Waals surface area contributed by atoms with Gasteiger partial charge in [0.15, 0.2) is 18.2 Å². The van der Waals surface area contributed by atoms with Gasteiger partial charge in [-0.25, -0.2) is 4.79 Å². The van der Waals surface area contributed by atoms with E-state index in [0.29, 0.717) is 16.3 Å². The number of carboxylic acids is 1. The van der Waals surface area contributed by atoms with Gasteiger partial charge in [-0.2, -0.15) is 0 Å². The standard InChI is InChI=1S/C33H32ClNO9/c1-19(31(38)39)41-30-28(35-20(2)36)33(43-27-18-40-32(44-29(27)30)23-6-4-3-5-7-23)42-25-15-8-21(9-16-25)10-17-26(37)22-11-13-24(34)14-12-22/h3-17,19,27-30,32-33H,18H2,1-2H3,(H,35,36)(H,38,39)/b17-10+. The molecule has 0 radical (unpaired) electrons. The fourth-order valence-corrected chi connectivity index (χ4v) is 5.10. The maximum atomic E-state index is 12.5. The van der Waals surface area contributed by atoms with Crippen LogP contribution in [-0.2, 0) is 28.5 Å². The molecular formula is C33H32ClNO9. The lowest BCUT2D eigenvalue weighted by Gasteiger charge is -2.49. The van der Waals surface area contributed by atoms with E-state index in [1.165, 1.54) is 19.9 Å². The number of hydrogen-bond acceptors (Lipinski definition) is 8. The summed E-state index contributed by atoms with van der Waals surface area (Å²) in [6.45, 7) is 2.86. The number of benzene rings is 3. The lowest BCUT2D eigenvalue weighted by atomic mass is 9.95. The first-order chi connectivity index (χ1) is 21.2. The maximum Gasteiger partial charge on any atom is 0.332 e. The fourth-order valence-electron chi connectivity index (χ4n) is 4.97. The van der Waals surface area contributed by atoms with E-state index in [2.05, 4.69) is 5.32 Å². The van der Waals surface area contributed by atoms with Gasteiger partial charge < -0.3 is 34.1 Å². The normalized spacial score (nSPS) is 25.5. The van der Waals surface area contributed by atoms with Gasteiger partial charge in [0.25, 0.3) is 0 Å². The molecule has 2 heterocycles. The molecule has 0 aliphatic carbocycles. The van der Waals surface area contributed by atoms with E-state index in [1.54, 1.807) is 54.6 Å². The summed E-state index contributed by atoms with van der Waals surface area (Å²) in [4.78, 5) is 36.6. The first-order valence-electron chi connectivity index (χ1n) is 14.1. The number of carbonyl (C=O) groups excluding carboxylic acids is 2. The van der Waals surface area contributed by atoms with Crippen LogP contribution in [0, 0.1) is 0 Å². The van der Waals surface area contributed by atoms with Crippen LogP contribution in [0.4, 0.5) is 0 Å². The summed E-state index contributed by atoms with van der Waals surface area (Å²) in [5, 5.41) is 13.0. The van der Waals surface area contributed by atoms with Crippen LogP contribution in [0.5, 0.6) is 5.75 Å². The van der Waals surface area contributed by atoms with Gasteiger partial charge in [0.05, 0.1) is 6.61 Å². The van der Waals surface area contributed by atoms with Crippen molar-refractivity contribution in [2.24, 2.45) is 0 Å². The average molecular weight is 622 g/mol. The van der Waals surface area contributed by atoms with Crippen LogP contribution < -0.4 is 10.1 Å². The van der Waals surface area contributed by atoms with E-state index in [9.17, 15) is 19.5 Å². The number of hydrogen-bond donors (Lipinski definition) is 2. The summed E-state index contributed by atoms with van der Waals surface area (Å²) in [7, 11) is 0. The van der Waals surface area contributed by atoms with Gasteiger partial charge in [0, 0.05) is 23.1 Å². The molecule has 11 heteroatoms. The van der Waals surface area contributed by atoms with Crippen LogP contribution in [0.2, 0.25) is 5.02 Å². The predicted molar refractivity (Wildman–Crippen MR) is 160 cm³/mol. The Bertz CT molecular complexity index is 1480. The van der Waals surface area contributed by atoms with Gasteiger partial charge in [-0.3, -0.25) is 9.59 Å². The zero-order valence-corrected chi connectivity index (χ0v) is 24.8. The number of carboxylic acid groups (broad SMARTS) is 1. The van der Waals surface area contributed by atoms with Gasteiger partial charge in [-0.1, -0.05) is 60.1 Å². The van der Waals surface area contributed by atoms with E-state index >= 15 is 0 Å². The van der Waals surface area contributed by atoms with Crippen molar-refractivity contribution in [1.29, 1.82) is 0 Å². The number of carbonyl (C=O) groups is 3. The molecule has 1 amide bonds.